The van der Waals surface area contributed by atoms with E-state index in [9.17, 15) is 14.4 Å². The van der Waals surface area contributed by atoms with Crippen molar-refractivity contribution >= 4 is 56.9 Å². The number of carbonyl (C=O) groups excluding carboxylic acids is 3. The normalized spacial score (nSPS) is 17.8. The summed E-state index contributed by atoms with van der Waals surface area (Å²) < 4.78 is 0. The molecule has 0 bridgehead atoms. The lowest BCUT2D eigenvalue weighted by atomic mass is 9.98. The first-order valence-corrected chi connectivity index (χ1v) is 11.8. The Balaban J connectivity index is 1.60. The maximum Gasteiger partial charge on any atom is 0.293 e. The molecular weight excluding hydrogens is 465 g/mol. The zero-order valence-electron chi connectivity index (χ0n) is 17.7. The van der Waals surface area contributed by atoms with Crippen LogP contribution in [0.2, 0.25) is 5.02 Å². The molecule has 0 spiro atoms. The van der Waals surface area contributed by atoms with Gasteiger partial charge in [0.1, 0.15) is 0 Å². The minimum atomic E-state index is -0.469. The molecule has 0 unspecified atom stereocenters. The second kappa shape index (κ2) is 9.26. The molecular formula is C25H21Cl2NO3S. The van der Waals surface area contributed by atoms with Crippen LogP contribution in [-0.2, 0) is 11.2 Å². The lowest BCUT2D eigenvalue weighted by Crippen LogP contribution is -2.33. The van der Waals surface area contributed by atoms with E-state index in [4.69, 9.17) is 23.2 Å². The molecule has 2 amide bonds. The molecule has 4 nitrogen and oxygen atoms in total. The van der Waals surface area contributed by atoms with Crippen LogP contribution in [0.25, 0.3) is 5.03 Å². The quantitative estimate of drug-likeness (QED) is 0.356. The second-order valence-corrected chi connectivity index (χ2v) is 9.79. The summed E-state index contributed by atoms with van der Waals surface area (Å²) in [6.45, 7) is 3.82. The number of rotatable bonds is 4. The molecule has 1 fully saturated rings. The third kappa shape index (κ3) is 4.56. The van der Waals surface area contributed by atoms with Crippen LogP contribution >= 0.6 is 35.0 Å². The van der Waals surface area contributed by atoms with Crippen molar-refractivity contribution in [3.63, 3.8) is 0 Å². The van der Waals surface area contributed by atoms with E-state index in [0.29, 0.717) is 26.9 Å². The highest BCUT2D eigenvalue weighted by molar-refractivity contribution is 8.18. The molecule has 32 heavy (non-hydrogen) atoms. The molecule has 2 aliphatic rings. The molecule has 7 heteroatoms. The lowest BCUT2D eigenvalue weighted by Gasteiger charge is -2.12. The molecule has 0 aromatic heterocycles. The Bertz CT molecular complexity index is 1200. The molecule has 2 aromatic rings. The number of benzene rings is 2. The monoisotopic (exact) mass is 485 g/mol. The number of amides is 2. The van der Waals surface area contributed by atoms with Crippen LogP contribution in [0.15, 0.2) is 53.0 Å². The number of fused-ring (bicyclic) bond motifs is 1. The predicted molar refractivity (Wildman–Crippen MR) is 130 cm³/mol. The summed E-state index contributed by atoms with van der Waals surface area (Å²) in [7, 11) is 0. The minimum absolute atomic E-state index is 0.291. The smallest absolute Gasteiger partial charge is 0.292 e. The van der Waals surface area contributed by atoms with Crippen molar-refractivity contribution in [2.45, 2.75) is 33.1 Å². The first-order chi connectivity index (χ1) is 15.2. The molecule has 1 heterocycles. The van der Waals surface area contributed by atoms with Gasteiger partial charge in [-0.25, -0.2) is 0 Å². The van der Waals surface area contributed by atoms with E-state index in [1.54, 1.807) is 30.3 Å². The number of hydrogen-bond donors (Lipinski definition) is 0. The highest BCUT2D eigenvalue weighted by atomic mass is 35.5. The molecule has 1 saturated heterocycles. The Labute approximate surface area is 201 Å². The molecule has 2 aromatic carbocycles. The second-order valence-electron chi connectivity index (χ2n) is 7.98. The maximum absolute atomic E-state index is 12.9. The maximum atomic E-state index is 12.9. The largest absolute Gasteiger partial charge is 0.293 e. The number of Topliss-reactive ketones (excluding diaryl/α,β-unsaturated/α-hetero) is 1. The van der Waals surface area contributed by atoms with Gasteiger partial charge >= 0.3 is 0 Å². The number of ketones is 1. The average Bonchev–Trinajstić information content (AvgIpc) is 2.92. The Morgan fingerprint density at radius 1 is 1.06 bits per heavy atom. The Hall–Kier alpha value is -2.34. The van der Waals surface area contributed by atoms with Gasteiger partial charge in [-0.2, -0.15) is 0 Å². The fraction of sp³-hybridized carbons (Fsp3) is 0.240. The Morgan fingerprint density at radius 3 is 2.47 bits per heavy atom. The highest BCUT2D eigenvalue weighted by Gasteiger charge is 2.36. The number of imide groups is 1. The molecule has 0 atom stereocenters. The number of nitrogens with zero attached hydrogens (tertiary/aromatic N) is 1. The van der Waals surface area contributed by atoms with E-state index in [1.807, 2.05) is 6.92 Å². The Kier molecular flexibility index (Phi) is 6.61. The zero-order chi connectivity index (χ0) is 23.0. The third-order valence-electron chi connectivity index (χ3n) is 5.78. The molecule has 0 N–H and O–H groups in total. The lowest BCUT2D eigenvalue weighted by molar-refractivity contribution is -0.122. The van der Waals surface area contributed by atoms with Gasteiger partial charge in [0.2, 0.25) is 0 Å². The fourth-order valence-electron chi connectivity index (χ4n) is 3.84. The molecule has 0 saturated carbocycles. The summed E-state index contributed by atoms with van der Waals surface area (Å²) >= 11 is 13.5. The number of carbonyl (C=O) groups is 3. The van der Waals surface area contributed by atoms with Crippen molar-refractivity contribution in [2.75, 3.05) is 6.54 Å². The van der Waals surface area contributed by atoms with Crippen molar-refractivity contribution in [2.24, 2.45) is 0 Å². The van der Waals surface area contributed by atoms with Crippen molar-refractivity contribution in [1.82, 2.24) is 4.90 Å². The first kappa shape index (κ1) is 22.8. The number of hydrogen-bond acceptors (Lipinski definition) is 4. The zero-order valence-corrected chi connectivity index (χ0v) is 20.0. The van der Waals surface area contributed by atoms with Crippen molar-refractivity contribution in [1.29, 1.82) is 0 Å². The van der Waals surface area contributed by atoms with Crippen LogP contribution in [0.3, 0.4) is 0 Å². The van der Waals surface area contributed by atoms with E-state index in [1.165, 1.54) is 11.1 Å². The summed E-state index contributed by atoms with van der Waals surface area (Å²) in [4.78, 5) is 39.2. The van der Waals surface area contributed by atoms with Crippen LogP contribution in [-0.4, -0.2) is 28.4 Å². The van der Waals surface area contributed by atoms with Crippen molar-refractivity contribution in [3.8, 4) is 0 Å². The summed E-state index contributed by atoms with van der Waals surface area (Å²) in [6, 6.07) is 10.6. The molecule has 4 rings (SSSR count). The van der Waals surface area contributed by atoms with Crippen LogP contribution < -0.4 is 0 Å². The van der Waals surface area contributed by atoms with Crippen LogP contribution in [0.4, 0.5) is 4.79 Å². The summed E-state index contributed by atoms with van der Waals surface area (Å²) in [5.41, 5.74) is 5.79. The summed E-state index contributed by atoms with van der Waals surface area (Å²) in [5, 5.41) is 0.668. The molecule has 164 valence electrons. The predicted octanol–water partition coefficient (Wildman–Crippen LogP) is 6.71. The van der Waals surface area contributed by atoms with E-state index in [0.717, 1.165) is 46.2 Å². The number of halogens is 2. The van der Waals surface area contributed by atoms with Gasteiger partial charge in [0, 0.05) is 10.6 Å². The third-order valence-corrected chi connectivity index (χ3v) is 7.38. The fourth-order valence-corrected chi connectivity index (χ4v) is 5.14. The van der Waals surface area contributed by atoms with E-state index in [-0.39, 0.29) is 12.3 Å². The summed E-state index contributed by atoms with van der Waals surface area (Å²) in [6.07, 6.45) is 4.22. The Morgan fingerprint density at radius 2 is 1.75 bits per heavy atom. The van der Waals surface area contributed by atoms with Gasteiger partial charge in [-0.05, 0) is 109 Å². The van der Waals surface area contributed by atoms with E-state index < -0.39 is 11.1 Å². The van der Waals surface area contributed by atoms with Gasteiger partial charge in [-0.3, -0.25) is 19.3 Å². The standard InChI is InChI=1S/C25H21Cl2NO3S/c1-14-10-17-4-3-5-18(23(27)20(17)11-15(14)2)12-22-24(30)28(25(31)32-22)13-21(29)16-6-8-19(26)9-7-16/h6-12H,3-5,13H2,1-2H3/b22-12-. The van der Waals surface area contributed by atoms with Gasteiger partial charge in [0.05, 0.1) is 16.5 Å². The minimum Gasteiger partial charge on any atom is -0.292 e. The van der Waals surface area contributed by atoms with E-state index in [2.05, 4.69) is 19.1 Å². The van der Waals surface area contributed by atoms with Crippen LogP contribution in [0.1, 0.15) is 45.5 Å². The van der Waals surface area contributed by atoms with Crippen LogP contribution in [0, 0.1) is 13.8 Å². The first-order valence-electron chi connectivity index (χ1n) is 10.3. The van der Waals surface area contributed by atoms with Gasteiger partial charge in [-0.1, -0.05) is 29.3 Å². The van der Waals surface area contributed by atoms with Gasteiger partial charge < -0.3 is 0 Å². The van der Waals surface area contributed by atoms with Crippen LogP contribution in [0.5, 0.6) is 0 Å². The number of thioether (sulfide) groups is 1. The van der Waals surface area contributed by atoms with Gasteiger partial charge in [0.25, 0.3) is 11.1 Å². The molecule has 0 radical (unpaired) electrons. The van der Waals surface area contributed by atoms with Gasteiger partial charge in [-0.15, -0.1) is 0 Å². The topological polar surface area (TPSA) is 54.5 Å². The molecule has 1 aliphatic carbocycles. The average molecular weight is 486 g/mol. The highest BCUT2D eigenvalue weighted by Crippen LogP contribution is 2.38. The van der Waals surface area contributed by atoms with Gasteiger partial charge in [0.15, 0.2) is 5.78 Å². The number of aryl methyl sites for hydroxylation is 3. The number of allylic oxidation sites excluding steroid dienone is 2. The summed E-state index contributed by atoms with van der Waals surface area (Å²) in [5.74, 6) is -0.791. The van der Waals surface area contributed by atoms with E-state index >= 15 is 0 Å². The van der Waals surface area contributed by atoms with Crippen molar-refractivity contribution < 1.29 is 14.4 Å². The SMILES string of the molecule is Cc1cc2c(cc1C)C(Cl)=C(/C=C1\SC(=O)N(CC(=O)c3ccc(Cl)cc3)C1=O)CCC2. The van der Waals surface area contributed by atoms with Crippen molar-refractivity contribution in [3.05, 3.63) is 85.8 Å². The molecule has 1 aliphatic heterocycles.